The van der Waals surface area contributed by atoms with Crippen LogP contribution in [0.5, 0.6) is 0 Å². The Morgan fingerprint density at radius 3 is 0.516 bits per heavy atom. The Hall–Kier alpha value is -6.40. The molecule has 0 amide bonds. The second kappa shape index (κ2) is 45.9. The molecule has 9 rings (SSSR count). The molecular formula is C87H108O4P4. The van der Waals surface area contributed by atoms with E-state index in [9.17, 15) is 0 Å². The predicted octanol–water partition coefficient (Wildman–Crippen LogP) is 19.0. The average Bonchev–Trinajstić information content (AvgIpc) is 0.785. The molecule has 4 nitrogen and oxygen atoms in total. The van der Waals surface area contributed by atoms with Crippen molar-refractivity contribution < 1.29 is 19.2 Å². The van der Waals surface area contributed by atoms with Gasteiger partial charge in [-0.1, -0.05) is 317 Å². The third-order valence-electron chi connectivity index (χ3n) is 17.6. The van der Waals surface area contributed by atoms with Crippen LogP contribution in [0.3, 0.4) is 0 Å². The third kappa shape index (κ3) is 26.5. The summed E-state index contributed by atoms with van der Waals surface area (Å²) in [7, 11) is -10.5. The second-order valence-corrected chi connectivity index (χ2v) is 36.0. The molecule has 0 atom stereocenters. The summed E-state index contributed by atoms with van der Waals surface area (Å²) in [5, 5.41) is 13.2. The van der Waals surface area contributed by atoms with Gasteiger partial charge in [-0.25, -0.2) is 0 Å². The lowest BCUT2D eigenvalue weighted by molar-refractivity contribution is -0.432. The fourth-order valence-corrected chi connectivity index (χ4v) is 24.7. The van der Waals surface area contributed by atoms with E-state index in [1.54, 1.807) is 0 Å². The number of unbranched alkanes of at least 4 members (excludes halogenated alkanes) is 18. The van der Waals surface area contributed by atoms with Crippen molar-refractivity contribution in [2.24, 2.45) is 0 Å². The average molecular weight is 1340 g/mol. The van der Waals surface area contributed by atoms with Crippen LogP contribution in [-0.2, 0) is 4.57 Å². The van der Waals surface area contributed by atoms with Crippen LogP contribution in [0.25, 0.3) is 0 Å². The van der Waals surface area contributed by atoms with E-state index in [0.29, 0.717) is 0 Å². The summed E-state index contributed by atoms with van der Waals surface area (Å²) in [4.78, 5) is 25.6. The molecule has 0 saturated carbocycles. The molecule has 0 aliphatic rings. The van der Waals surface area contributed by atoms with Crippen LogP contribution in [0.15, 0.2) is 309 Å². The Kier molecular flexibility index (Phi) is 37.5. The van der Waals surface area contributed by atoms with Crippen molar-refractivity contribution in [3.63, 3.8) is 0 Å². The Morgan fingerprint density at radius 1 is 0.232 bits per heavy atom. The summed E-state index contributed by atoms with van der Waals surface area (Å²) in [6.45, 7) is 6.85. The molecular weight excluding hydrogens is 1230 g/mol. The number of benzene rings is 9. The monoisotopic (exact) mass is 1340 g/mol. The molecule has 95 heavy (non-hydrogen) atoms. The summed E-state index contributed by atoms with van der Waals surface area (Å²) in [6, 6.07) is 100. The van der Waals surface area contributed by atoms with Crippen LogP contribution < -0.4 is 62.4 Å². The zero-order valence-electron chi connectivity index (χ0n) is 57.3. The van der Waals surface area contributed by atoms with Crippen molar-refractivity contribution in [2.75, 3.05) is 18.5 Å². The molecule has 0 saturated heterocycles. The highest BCUT2D eigenvalue weighted by Gasteiger charge is 2.46. The van der Waals surface area contributed by atoms with Crippen LogP contribution in [-0.4, -0.2) is 18.5 Å². The largest absolute Gasteiger partial charge is 0.822 e. The first kappa shape index (κ1) is 77.6. The highest BCUT2D eigenvalue weighted by atomic mass is 31.2. The van der Waals surface area contributed by atoms with E-state index in [4.69, 9.17) is 19.2 Å². The van der Waals surface area contributed by atoms with Crippen LogP contribution in [0.1, 0.15) is 156 Å². The van der Waals surface area contributed by atoms with E-state index >= 15 is 0 Å². The van der Waals surface area contributed by atoms with Gasteiger partial charge in [0.25, 0.3) is 0 Å². The maximum absolute atomic E-state index is 8.55. The fraction of sp³-hybridized carbons (Fsp3) is 0.310. The first-order valence-electron chi connectivity index (χ1n) is 35.5. The molecule has 0 unspecified atom stereocenters. The molecule has 0 aliphatic heterocycles. The first-order valence-corrected chi connectivity index (χ1v) is 42.8. The van der Waals surface area contributed by atoms with Crippen molar-refractivity contribution in [1.29, 1.82) is 0 Å². The van der Waals surface area contributed by atoms with Crippen molar-refractivity contribution in [3.05, 3.63) is 309 Å². The predicted molar refractivity (Wildman–Crippen MR) is 419 cm³/mol. The molecule has 0 radical (unpaired) electrons. The van der Waals surface area contributed by atoms with E-state index in [-0.39, 0.29) is 0 Å². The van der Waals surface area contributed by atoms with Gasteiger partial charge in [-0.2, -0.15) is 7.82 Å². The van der Waals surface area contributed by atoms with Gasteiger partial charge >= 0.3 is 0 Å². The lowest BCUT2D eigenvalue weighted by atomic mass is 10.1. The summed E-state index contributed by atoms with van der Waals surface area (Å²) in [5.74, 6) is 0. The maximum atomic E-state index is 8.55. The van der Waals surface area contributed by atoms with Gasteiger partial charge in [0.15, 0.2) is 0 Å². The highest BCUT2D eigenvalue weighted by molar-refractivity contribution is 7.96. The molecule has 0 fully saturated rings. The van der Waals surface area contributed by atoms with Crippen molar-refractivity contribution in [2.45, 2.75) is 156 Å². The molecule has 8 heteroatoms. The smallest absolute Gasteiger partial charge is 0.115 e. The SMILES string of the molecule is CCCCCCCCC=CC[P+](c1ccccc1)(c1ccccc1)c1ccccc1.CCCCCCCCC=CC[P+](c1ccccc1)(c1ccccc1)c1ccccc1.CCCCCCCCC=CC[P+](c1ccccc1)(c1ccccc1)c1ccccc1.O=P([O-])([O-])[O-]. The van der Waals surface area contributed by atoms with E-state index in [2.05, 4.69) is 330 Å². The van der Waals surface area contributed by atoms with E-state index < -0.39 is 29.6 Å². The second-order valence-electron chi connectivity index (χ2n) is 24.5. The van der Waals surface area contributed by atoms with Crippen molar-refractivity contribution >= 4 is 77.4 Å². The number of rotatable bonds is 36. The Bertz CT molecular complexity index is 2820. The maximum Gasteiger partial charge on any atom is 0.115 e. The molecule has 500 valence electrons. The topological polar surface area (TPSA) is 86.2 Å². The van der Waals surface area contributed by atoms with Crippen LogP contribution >= 0.6 is 29.6 Å². The summed E-state index contributed by atoms with van der Waals surface area (Å²) >= 11 is 0. The quantitative estimate of drug-likeness (QED) is 0.0222. The Balaban J connectivity index is 0.000000217. The first-order chi connectivity index (χ1) is 46.6. The zero-order chi connectivity index (χ0) is 67.2. The molecule has 0 aliphatic carbocycles. The lowest BCUT2D eigenvalue weighted by Gasteiger charge is -2.36. The van der Waals surface area contributed by atoms with Gasteiger partial charge in [-0.15, -0.1) is 0 Å². The lowest BCUT2D eigenvalue weighted by Crippen LogP contribution is -2.32. The standard InChI is InChI=1S/3C29H36P.H3O4P/c3*1-2-3-4-5-6-7-8-9-19-26-30(27-20-13-10-14-21-27,28-22-15-11-16-23-28)29-24-17-12-18-25-29;1-5(2,3)4/h3*9-25H,2-8,26H2,1H3;(H3,1,2,3,4)/q3*+1;/p-3. The number of phosphoric acid groups is 1. The Morgan fingerprint density at radius 2 is 0.368 bits per heavy atom. The molecule has 0 aromatic heterocycles. The van der Waals surface area contributed by atoms with E-state index in [1.807, 2.05) is 0 Å². The molecule has 9 aromatic rings. The normalized spacial score (nSPS) is 11.8. The van der Waals surface area contributed by atoms with Gasteiger partial charge in [0.05, 0.1) is 18.5 Å². The molecule has 0 bridgehead atoms. The molecule has 0 heterocycles. The van der Waals surface area contributed by atoms with Crippen molar-refractivity contribution in [1.82, 2.24) is 0 Å². The minimum absolute atomic E-state index is 1.08. The van der Waals surface area contributed by atoms with Crippen LogP contribution in [0, 0.1) is 0 Å². The number of allylic oxidation sites excluding steroid dienone is 6. The van der Waals surface area contributed by atoms with E-state index in [1.165, 1.54) is 183 Å². The van der Waals surface area contributed by atoms with Crippen LogP contribution in [0.2, 0.25) is 0 Å². The number of hydrogen-bond donors (Lipinski definition) is 0. The highest BCUT2D eigenvalue weighted by Crippen LogP contribution is 2.57. The van der Waals surface area contributed by atoms with Gasteiger partial charge in [-0.05, 0) is 148 Å². The van der Waals surface area contributed by atoms with Gasteiger partial charge in [0.1, 0.15) is 69.5 Å². The molecule has 0 spiro atoms. The summed E-state index contributed by atoms with van der Waals surface area (Å²) in [6.07, 6.45) is 46.0. The minimum Gasteiger partial charge on any atom is -0.822 e. The van der Waals surface area contributed by atoms with Gasteiger partial charge in [-0.3, -0.25) is 0 Å². The zero-order valence-corrected chi connectivity index (χ0v) is 60.9. The van der Waals surface area contributed by atoms with Gasteiger partial charge in [0, 0.05) is 0 Å². The third-order valence-corrected chi connectivity index (χ3v) is 30.5. The number of hydrogen-bond acceptors (Lipinski definition) is 4. The minimum atomic E-state index is -5.39. The van der Waals surface area contributed by atoms with Crippen LogP contribution in [0.4, 0.5) is 0 Å². The molecule has 9 aromatic carbocycles. The van der Waals surface area contributed by atoms with Crippen molar-refractivity contribution in [3.8, 4) is 0 Å². The fourth-order valence-electron chi connectivity index (χ4n) is 12.6. The Labute approximate surface area is 576 Å². The summed E-state index contributed by atoms with van der Waals surface area (Å²) < 4.78 is 8.55. The van der Waals surface area contributed by atoms with E-state index in [0.717, 1.165) is 18.5 Å². The molecule has 0 N–H and O–H groups in total. The summed E-state index contributed by atoms with van der Waals surface area (Å²) in [5.41, 5.74) is 0. The van der Waals surface area contributed by atoms with Gasteiger partial charge in [0.2, 0.25) is 0 Å². The van der Waals surface area contributed by atoms with Gasteiger partial charge < -0.3 is 19.2 Å².